The molecule has 3 nitrogen and oxygen atoms in total. The molecule has 0 amide bonds. The zero-order valence-corrected chi connectivity index (χ0v) is 19.2. The standard InChI is InChI=1S/C12H16O2.C9H10.C8H8O/c1-3-11-5-7-12(8-6-11)14-10-9-13-4-2;1-3-9-6-4-8(2)5-7-9;1-2-7-3-5-8(9)6-4-7/h3,5-8H,1,4,9-10H2,2H3;3-7H,1H2,2H3;2-6,9H,1H2. The van der Waals surface area contributed by atoms with Crippen LogP contribution in [0, 0.1) is 6.92 Å². The largest absolute Gasteiger partial charge is 0.508 e. The summed E-state index contributed by atoms with van der Waals surface area (Å²) >= 11 is 0. The van der Waals surface area contributed by atoms with Gasteiger partial charge in [0.2, 0.25) is 0 Å². The molecule has 3 rings (SSSR count). The Morgan fingerprint density at radius 3 is 1.56 bits per heavy atom. The van der Waals surface area contributed by atoms with E-state index in [4.69, 9.17) is 14.6 Å². The molecule has 3 heteroatoms. The van der Waals surface area contributed by atoms with Crippen LogP contribution in [0.5, 0.6) is 11.5 Å². The predicted molar refractivity (Wildman–Crippen MR) is 138 cm³/mol. The van der Waals surface area contributed by atoms with E-state index in [9.17, 15) is 0 Å². The third-order valence-electron chi connectivity index (χ3n) is 4.26. The molecule has 0 aliphatic carbocycles. The molecule has 1 N–H and O–H groups in total. The zero-order valence-electron chi connectivity index (χ0n) is 19.2. The van der Waals surface area contributed by atoms with Gasteiger partial charge in [0.1, 0.15) is 18.1 Å². The zero-order chi connectivity index (χ0) is 23.6. The van der Waals surface area contributed by atoms with Crippen molar-refractivity contribution in [2.75, 3.05) is 19.8 Å². The van der Waals surface area contributed by atoms with Crippen LogP contribution in [0.25, 0.3) is 18.2 Å². The lowest BCUT2D eigenvalue weighted by atomic mass is 10.2. The summed E-state index contributed by atoms with van der Waals surface area (Å²) < 4.78 is 10.6. The number of hydrogen-bond donors (Lipinski definition) is 1. The molecule has 0 heterocycles. The van der Waals surface area contributed by atoms with Crippen molar-refractivity contribution in [2.24, 2.45) is 0 Å². The van der Waals surface area contributed by atoms with Crippen LogP contribution >= 0.6 is 0 Å². The number of phenolic OH excluding ortho intramolecular Hbond substituents is 1. The van der Waals surface area contributed by atoms with Gasteiger partial charge in [-0.1, -0.05) is 92.1 Å². The molecule has 0 atom stereocenters. The van der Waals surface area contributed by atoms with Gasteiger partial charge in [0.25, 0.3) is 0 Å². The van der Waals surface area contributed by atoms with Crippen molar-refractivity contribution in [1.82, 2.24) is 0 Å². The summed E-state index contributed by atoms with van der Waals surface area (Å²) in [5.74, 6) is 1.16. The molecule has 0 bridgehead atoms. The minimum absolute atomic E-state index is 0.292. The highest BCUT2D eigenvalue weighted by Crippen LogP contribution is 2.12. The van der Waals surface area contributed by atoms with Crippen molar-refractivity contribution in [2.45, 2.75) is 13.8 Å². The van der Waals surface area contributed by atoms with Crippen molar-refractivity contribution >= 4 is 18.2 Å². The Balaban J connectivity index is 0.000000250. The van der Waals surface area contributed by atoms with Crippen molar-refractivity contribution in [3.8, 4) is 11.5 Å². The molecular formula is C29H34O3. The average Bonchev–Trinajstić information content (AvgIpc) is 2.84. The molecule has 0 fully saturated rings. The first-order chi connectivity index (χ1) is 15.5. The van der Waals surface area contributed by atoms with Crippen molar-refractivity contribution in [3.63, 3.8) is 0 Å². The summed E-state index contributed by atoms with van der Waals surface area (Å²) in [7, 11) is 0. The van der Waals surface area contributed by atoms with E-state index in [2.05, 4.69) is 50.9 Å². The summed E-state index contributed by atoms with van der Waals surface area (Å²) in [5.41, 5.74) is 4.59. The molecule has 0 aliphatic rings. The molecule has 168 valence electrons. The Labute approximate surface area is 193 Å². The number of rotatable bonds is 8. The minimum Gasteiger partial charge on any atom is -0.508 e. The van der Waals surface area contributed by atoms with Gasteiger partial charge < -0.3 is 14.6 Å². The van der Waals surface area contributed by atoms with Gasteiger partial charge in [-0.3, -0.25) is 0 Å². The number of ether oxygens (including phenoxy) is 2. The second-order valence-corrected chi connectivity index (χ2v) is 6.73. The van der Waals surface area contributed by atoms with E-state index in [1.54, 1.807) is 18.2 Å². The van der Waals surface area contributed by atoms with Gasteiger partial charge in [-0.25, -0.2) is 0 Å². The molecule has 3 aromatic rings. The summed E-state index contributed by atoms with van der Waals surface area (Å²) in [5, 5.41) is 8.82. The van der Waals surface area contributed by atoms with E-state index in [0.29, 0.717) is 19.0 Å². The molecule has 0 saturated carbocycles. The smallest absolute Gasteiger partial charge is 0.119 e. The quantitative estimate of drug-likeness (QED) is 0.378. The fourth-order valence-electron chi connectivity index (χ4n) is 2.38. The second kappa shape index (κ2) is 16.2. The first-order valence-corrected chi connectivity index (χ1v) is 10.6. The van der Waals surface area contributed by atoms with E-state index in [1.165, 1.54) is 11.1 Å². The lowest BCUT2D eigenvalue weighted by Gasteiger charge is -2.05. The van der Waals surface area contributed by atoms with Crippen LogP contribution in [0.4, 0.5) is 0 Å². The predicted octanol–water partition coefficient (Wildman–Crippen LogP) is 7.42. The SMILES string of the molecule is C=Cc1ccc(C)cc1.C=Cc1ccc(O)cc1.C=Cc1ccc(OCCOCC)cc1. The number of aryl methyl sites for hydroxylation is 1. The Morgan fingerprint density at radius 1 is 0.688 bits per heavy atom. The summed E-state index contributed by atoms with van der Waals surface area (Å²) in [4.78, 5) is 0. The van der Waals surface area contributed by atoms with E-state index in [-0.39, 0.29) is 0 Å². The molecular weight excluding hydrogens is 396 g/mol. The first kappa shape index (κ1) is 26.5. The van der Waals surface area contributed by atoms with Crippen LogP contribution < -0.4 is 4.74 Å². The van der Waals surface area contributed by atoms with Crippen LogP contribution in [0.3, 0.4) is 0 Å². The monoisotopic (exact) mass is 430 g/mol. The van der Waals surface area contributed by atoms with Crippen molar-refractivity contribution < 1.29 is 14.6 Å². The van der Waals surface area contributed by atoms with Gasteiger partial charge in [-0.15, -0.1) is 0 Å². The Kier molecular flexibility index (Phi) is 13.4. The lowest BCUT2D eigenvalue weighted by molar-refractivity contribution is 0.110. The molecule has 0 unspecified atom stereocenters. The summed E-state index contributed by atoms with van der Waals surface area (Å²) in [6.07, 6.45) is 5.39. The van der Waals surface area contributed by atoms with Crippen LogP contribution in [-0.2, 0) is 4.74 Å². The van der Waals surface area contributed by atoms with Crippen LogP contribution in [-0.4, -0.2) is 24.9 Å². The number of phenols is 1. The maximum absolute atomic E-state index is 8.82. The molecule has 0 aliphatic heterocycles. The second-order valence-electron chi connectivity index (χ2n) is 6.73. The maximum atomic E-state index is 8.82. The van der Waals surface area contributed by atoms with Gasteiger partial charge in [0.15, 0.2) is 0 Å². The molecule has 0 spiro atoms. The molecule has 32 heavy (non-hydrogen) atoms. The van der Waals surface area contributed by atoms with Crippen molar-refractivity contribution in [3.05, 3.63) is 115 Å². The molecule has 0 saturated heterocycles. The number of aromatic hydroxyl groups is 1. The van der Waals surface area contributed by atoms with Crippen LogP contribution in [0.15, 0.2) is 92.5 Å². The van der Waals surface area contributed by atoms with E-state index >= 15 is 0 Å². The van der Waals surface area contributed by atoms with Gasteiger partial charge in [-0.05, 0) is 54.8 Å². The van der Waals surface area contributed by atoms with E-state index in [0.717, 1.165) is 23.5 Å². The van der Waals surface area contributed by atoms with Gasteiger partial charge in [0, 0.05) is 6.61 Å². The minimum atomic E-state index is 0.292. The normalized spacial score (nSPS) is 9.31. The van der Waals surface area contributed by atoms with Gasteiger partial charge in [0.05, 0.1) is 6.61 Å². The number of hydrogen-bond acceptors (Lipinski definition) is 3. The van der Waals surface area contributed by atoms with E-state index < -0.39 is 0 Å². The molecule has 3 aromatic carbocycles. The highest BCUT2D eigenvalue weighted by molar-refractivity contribution is 5.49. The summed E-state index contributed by atoms with van der Waals surface area (Å²) in [6.45, 7) is 16.9. The molecule has 0 radical (unpaired) electrons. The van der Waals surface area contributed by atoms with Gasteiger partial charge >= 0.3 is 0 Å². The summed E-state index contributed by atoms with van der Waals surface area (Å²) in [6, 6.07) is 23.0. The Morgan fingerprint density at radius 2 is 1.12 bits per heavy atom. The fraction of sp³-hybridized carbons (Fsp3) is 0.172. The number of benzene rings is 3. The Hall–Kier alpha value is -3.56. The highest BCUT2D eigenvalue weighted by atomic mass is 16.5. The third-order valence-corrected chi connectivity index (χ3v) is 4.26. The fourth-order valence-corrected chi connectivity index (χ4v) is 2.38. The maximum Gasteiger partial charge on any atom is 0.119 e. The third kappa shape index (κ3) is 11.6. The average molecular weight is 431 g/mol. The topological polar surface area (TPSA) is 38.7 Å². The van der Waals surface area contributed by atoms with Crippen LogP contribution in [0.1, 0.15) is 29.2 Å². The highest BCUT2D eigenvalue weighted by Gasteiger charge is 1.92. The molecule has 0 aromatic heterocycles. The Bertz CT molecular complexity index is 859. The lowest BCUT2D eigenvalue weighted by Crippen LogP contribution is -2.06. The van der Waals surface area contributed by atoms with Gasteiger partial charge in [-0.2, -0.15) is 0 Å². The van der Waals surface area contributed by atoms with Crippen LogP contribution in [0.2, 0.25) is 0 Å². The van der Waals surface area contributed by atoms with Crippen molar-refractivity contribution in [1.29, 1.82) is 0 Å². The van der Waals surface area contributed by atoms with E-state index in [1.807, 2.05) is 55.5 Å². The first-order valence-electron chi connectivity index (χ1n) is 10.6.